The number of thioether (sulfide) groups is 1. The molecule has 1 heterocycles. The molecular weight excluding hydrogens is 468 g/mol. The van der Waals surface area contributed by atoms with Gasteiger partial charge >= 0.3 is 0 Å². The standard InChI is InChI=1S/C30H50N2O3S/c1-7-8-9-10-11-12-13-14-15-16-20-36-30(5,6)29(35)32-19-17-18-26(32)28(34)31-25-21-22(2)27(33)24(4)23(25)3/h21,26,33H,7-20H2,1-6H3,(H,31,34)/t26-/m0/s1. The molecule has 6 heteroatoms. The van der Waals surface area contributed by atoms with Gasteiger partial charge in [0.25, 0.3) is 0 Å². The average molecular weight is 519 g/mol. The van der Waals surface area contributed by atoms with Gasteiger partial charge in [-0.15, -0.1) is 11.8 Å². The van der Waals surface area contributed by atoms with E-state index in [2.05, 4.69) is 12.2 Å². The molecule has 0 aromatic heterocycles. The zero-order chi connectivity index (χ0) is 26.7. The third kappa shape index (κ3) is 8.71. The Morgan fingerprint density at radius 3 is 2.19 bits per heavy atom. The Morgan fingerprint density at radius 1 is 1.00 bits per heavy atom. The number of aromatic hydroxyl groups is 1. The van der Waals surface area contributed by atoms with E-state index in [-0.39, 0.29) is 17.6 Å². The zero-order valence-electron chi connectivity index (χ0n) is 23.7. The van der Waals surface area contributed by atoms with Crippen molar-refractivity contribution in [3.63, 3.8) is 0 Å². The molecule has 1 aliphatic rings. The average Bonchev–Trinajstić information content (AvgIpc) is 3.34. The number of hydrogen-bond donors (Lipinski definition) is 2. The molecule has 2 N–H and O–H groups in total. The van der Waals surface area contributed by atoms with Gasteiger partial charge in [0, 0.05) is 12.2 Å². The molecule has 1 aromatic carbocycles. The maximum atomic E-state index is 13.5. The molecule has 0 radical (unpaired) electrons. The van der Waals surface area contributed by atoms with E-state index in [1.807, 2.05) is 40.7 Å². The fourth-order valence-electron chi connectivity index (χ4n) is 5.02. The van der Waals surface area contributed by atoms with Crippen molar-refractivity contribution in [1.82, 2.24) is 4.90 Å². The molecule has 0 unspecified atom stereocenters. The summed E-state index contributed by atoms with van der Waals surface area (Å²) in [5, 5.41) is 13.2. The smallest absolute Gasteiger partial charge is 0.247 e. The molecule has 1 fully saturated rings. The predicted octanol–water partition coefficient (Wildman–Crippen LogP) is 7.68. The van der Waals surface area contributed by atoms with Gasteiger partial charge < -0.3 is 15.3 Å². The molecule has 0 spiro atoms. The number of benzene rings is 1. The molecule has 1 saturated heterocycles. The van der Waals surface area contributed by atoms with Crippen LogP contribution in [0.2, 0.25) is 0 Å². The summed E-state index contributed by atoms with van der Waals surface area (Å²) in [6.45, 7) is 12.5. The maximum absolute atomic E-state index is 13.5. The lowest BCUT2D eigenvalue weighted by Gasteiger charge is -2.32. The quantitative estimate of drug-likeness (QED) is 0.184. The van der Waals surface area contributed by atoms with Gasteiger partial charge in [0.15, 0.2) is 0 Å². The minimum Gasteiger partial charge on any atom is -0.507 e. The summed E-state index contributed by atoms with van der Waals surface area (Å²) in [4.78, 5) is 28.4. The van der Waals surface area contributed by atoms with Gasteiger partial charge in [0.1, 0.15) is 11.8 Å². The Kier molecular flexibility index (Phi) is 12.6. The van der Waals surface area contributed by atoms with E-state index in [0.29, 0.717) is 18.7 Å². The highest BCUT2D eigenvalue weighted by Gasteiger charge is 2.41. The lowest BCUT2D eigenvalue weighted by Crippen LogP contribution is -2.49. The number of amides is 2. The van der Waals surface area contributed by atoms with Gasteiger partial charge in [-0.05, 0) is 82.4 Å². The summed E-state index contributed by atoms with van der Waals surface area (Å²) in [6, 6.07) is 1.37. The fourth-order valence-corrected chi connectivity index (χ4v) is 6.12. The molecule has 1 aliphatic heterocycles. The van der Waals surface area contributed by atoms with Gasteiger partial charge in [-0.1, -0.05) is 64.7 Å². The van der Waals surface area contributed by atoms with E-state index < -0.39 is 10.8 Å². The minimum absolute atomic E-state index is 0.0621. The van der Waals surface area contributed by atoms with E-state index >= 15 is 0 Å². The van der Waals surface area contributed by atoms with Crippen molar-refractivity contribution in [3.8, 4) is 5.75 Å². The number of phenols is 1. The number of likely N-dealkylation sites (tertiary alicyclic amines) is 1. The van der Waals surface area contributed by atoms with Crippen LogP contribution in [-0.4, -0.2) is 44.9 Å². The van der Waals surface area contributed by atoms with E-state index in [0.717, 1.165) is 35.3 Å². The monoisotopic (exact) mass is 518 g/mol. The van der Waals surface area contributed by atoms with E-state index in [1.54, 1.807) is 16.7 Å². The van der Waals surface area contributed by atoms with Crippen molar-refractivity contribution >= 4 is 29.3 Å². The topological polar surface area (TPSA) is 69.6 Å². The number of aryl methyl sites for hydroxylation is 1. The van der Waals surface area contributed by atoms with Gasteiger partial charge in [-0.3, -0.25) is 9.59 Å². The molecule has 2 rings (SSSR count). The number of carbonyl (C=O) groups excluding carboxylic acids is 2. The molecule has 0 aliphatic carbocycles. The largest absolute Gasteiger partial charge is 0.507 e. The first-order valence-corrected chi connectivity index (χ1v) is 15.1. The van der Waals surface area contributed by atoms with Crippen molar-refractivity contribution in [2.24, 2.45) is 0 Å². The van der Waals surface area contributed by atoms with Crippen LogP contribution < -0.4 is 5.32 Å². The molecule has 204 valence electrons. The Balaban J connectivity index is 1.80. The molecule has 5 nitrogen and oxygen atoms in total. The molecule has 36 heavy (non-hydrogen) atoms. The van der Waals surface area contributed by atoms with Crippen LogP contribution in [0.15, 0.2) is 6.07 Å². The van der Waals surface area contributed by atoms with E-state index in [1.165, 1.54) is 57.8 Å². The van der Waals surface area contributed by atoms with Crippen molar-refractivity contribution in [2.75, 3.05) is 17.6 Å². The van der Waals surface area contributed by atoms with E-state index in [9.17, 15) is 14.7 Å². The van der Waals surface area contributed by atoms with Crippen LogP contribution >= 0.6 is 11.8 Å². The fraction of sp³-hybridized carbons (Fsp3) is 0.733. The molecule has 0 saturated carbocycles. The first-order chi connectivity index (χ1) is 17.1. The second-order valence-electron chi connectivity index (χ2n) is 11.0. The normalized spacial score (nSPS) is 15.9. The number of nitrogens with one attached hydrogen (secondary N) is 1. The third-order valence-corrected chi connectivity index (χ3v) is 9.00. The number of unbranched alkanes of at least 4 members (excludes halogenated alkanes) is 9. The Morgan fingerprint density at radius 2 is 1.58 bits per heavy atom. The number of anilines is 1. The van der Waals surface area contributed by atoms with Crippen LogP contribution in [0.4, 0.5) is 5.69 Å². The third-order valence-electron chi connectivity index (χ3n) is 7.61. The number of carbonyl (C=O) groups is 2. The number of phenolic OH excluding ortho intramolecular Hbond substituents is 1. The maximum Gasteiger partial charge on any atom is 0.247 e. The molecular formula is C30H50N2O3S. The summed E-state index contributed by atoms with van der Waals surface area (Å²) >= 11 is 1.73. The van der Waals surface area contributed by atoms with Crippen LogP contribution in [-0.2, 0) is 9.59 Å². The summed E-state index contributed by atoms with van der Waals surface area (Å²) in [6.07, 6.45) is 14.7. The SMILES string of the molecule is CCCCCCCCCCCCSC(C)(C)C(=O)N1CCC[C@H]1C(=O)Nc1cc(C)c(O)c(C)c1C. The van der Waals surface area contributed by atoms with Gasteiger partial charge in [-0.2, -0.15) is 0 Å². The summed E-state index contributed by atoms with van der Waals surface area (Å²) in [5.41, 5.74) is 3.07. The summed E-state index contributed by atoms with van der Waals surface area (Å²) in [7, 11) is 0. The second kappa shape index (κ2) is 14.9. The van der Waals surface area contributed by atoms with Crippen LogP contribution in [0.3, 0.4) is 0 Å². The highest BCUT2D eigenvalue weighted by molar-refractivity contribution is 8.01. The lowest BCUT2D eigenvalue weighted by molar-refractivity contribution is -0.138. The number of rotatable bonds is 15. The van der Waals surface area contributed by atoms with Crippen LogP contribution in [0.25, 0.3) is 0 Å². The van der Waals surface area contributed by atoms with Gasteiger partial charge in [0.05, 0.1) is 4.75 Å². The summed E-state index contributed by atoms with van der Waals surface area (Å²) < 4.78 is -0.538. The number of nitrogens with zero attached hydrogens (tertiary/aromatic N) is 1. The second-order valence-corrected chi connectivity index (χ2v) is 12.7. The molecule has 1 aromatic rings. The van der Waals surface area contributed by atoms with Crippen LogP contribution in [0.1, 0.15) is 115 Å². The predicted molar refractivity (Wildman–Crippen MR) is 154 cm³/mol. The number of hydrogen-bond acceptors (Lipinski definition) is 4. The van der Waals surface area contributed by atoms with Crippen molar-refractivity contribution < 1.29 is 14.7 Å². The Bertz CT molecular complexity index is 868. The molecule has 0 bridgehead atoms. The zero-order valence-corrected chi connectivity index (χ0v) is 24.5. The molecule has 2 amide bonds. The van der Waals surface area contributed by atoms with Crippen molar-refractivity contribution in [3.05, 3.63) is 22.8 Å². The first kappa shape index (κ1) is 30.5. The Labute approximate surface area is 224 Å². The Hall–Kier alpha value is -1.69. The van der Waals surface area contributed by atoms with E-state index in [4.69, 9.17) is 0 Å². The van der Waals surface area contributed by atoms with Crippen LogP contribution in [0.5, 0.6) is 5.75 Å². The minimum atomic E-state index is -0.538. The molecule has 1 atom stereocenters. The van der Waals surface area contributed by atoms with Gasteiger partial charge in [-0.25, -0.2) is 0 Å². The van der Waals surface area contributed by atoms with Gasteiger partial charge in [0.2, 0.25) is 11.8 Å². The highest BCUT2D eigenvalue weighted by Crippen LogP contribution is 2.33. The first-order valence-electron chi connectivity index (χ1n) is 14.2. The lowest BCUT2D eigenvalue weighted by atomic mass is 10.0. The summed E-state index contributed by atoms with van der Waals surface area (Å²) in [5.74, 6) is 1.17. The highest BCUT2D eigenvalue weighted by atomic mass is 32.2. The van der Waals surface area contributed by atoms with Crippen LogP contribution in [0, 0.1) is 20.8 Å². The van der Waals surface area contributed by atoms with Crippen molar-refractivity contribution in [1.29, 1.82) is 0 Å². The van der Waals surface area contributed by atoms with Crippen molar-refractivity contribution in [2.45, 2.75) is 129 Å².